The molecule has 3 aromatic rings. The monoisotopic (exact) mass is 420 g/mol. The van der Waals surface area contributed by atoms with Gasteiger partial charge in [-0.3, -0.25) is 4.79 Å². The summed E-state index contributed by atoms with van der Waals surface area (Å²) in [6.07, 6.45) is 9.81. The van der Waals surface area contributed by atoms with Crippen LogP contribution in [0.4, 0.5) is 5.82 Å². The second-order valence-electron chi connectivity index (χ2n) is 8.45. The first-order valence-electron chi connectivity index (χ1n) is 11.1. The number of thiophene rings is 1. The maximum absolute atomic E-state index is 13.3. The van der Waals surface area contributed by atoms with Gasteiger partial charge in [-0.2, -0.15) is 0 Å². The number of fused-ring (bicyclic) bond motifs is 2. The molecule has 2 aliphatic rings. The average Bonchev–Trinajstić information content (AvgIpc) is 2.94. The van der Waals surface area contributed by atoms with Crippen LogP contribution >= 0.6 is 11.3 Å². The summed E-state index contributed by atoms with van der Waals surface area (Å²) < 4.78 is 0. The number of rotatable bonds is 3. The fourth-order valence-electron chi connectivity index (χ4n) is 4.92. The van der Waals surface area contributed by atoms with Gasteiger partial charge >= 0.3 is 0 Å². The van der Waals surface area contributed by atoms with E-state index >= 15 is 0 Å². The maximum Gasteiger partial charge on any atom is 0.262 e. The van der Waals surface area contributed by atoms with Crippen LogP contribution in [0.2, 0.25) is 0 Å². The predicted molar refractivity (Wildman–Crippen MR) is 122 cm³/mol. The summed E-state index contributed by atoms with van der Waals surface area (Å²) in [6, 6.07) is 8.57. The zero-order valence-electron chi connectivity index (χ0n) is 17.5. The third kappa shape index (κ3) is 3.58. The topological polar surface area (TPSA) is 58.1 Å². The SMILES string of the molecule is Cc1c(C(=O)N[C@@H]2CCCc3ccccc32)sc2ncnc(N3CCCCCC3)c12. The van der Waals surface area contributed by atoms with Crippen molar-refractivity contribution in [1.82, 2.24) is 15.3 Å². The van der Waals surface area contributed by atoms with Crippen LogP contribution in [0.15, 0.2) is 30.6 Å². The quantitative estimate of drug-likeness (QED) is 0.634. The van der Waals surface area contributed by atoms with E-state index in [1.807, 2.05) is 6.92 Å². The van der Waals surface area contributed by atoms with Crippen molar-refractivity contribution >= 4 is 33.3 Å². The lowest BCUT2D eigenvalue weighted by Crippen LogP contribution is -2.30. The van der Waals surface area contributed by atoms with Crippen LogP contribution in [-0.4, -0.2) is 29.0 Å². The van der Waals surface area contributed by atoms with Crippen molar-refractivity contribution in [3.8, 4) is 0 Å². The van der Waals surface area contributed by atoms with Gasteiger partial charge in [-0.15, -0.1) is 11.3 Å². The van der Waals surface area contributed by atoms with E-state index in [-0.39, 0.29) is 11.9 Å². The van der Waals surface area contributed by atoms with Crippen molar-refractivity contribution in [3.63, 3.8) is 0 Å². The fraction of sp³-hybridized carbons (Fsp3) is 0.458. The lowest BCUT2D eigenvalue weighted by atomic mass is 9.87. The van der Waals surface area contributed by atoms with E-state index in [2.05, 4.69) is 44.5 Å². The van der Waals surface area contributed by atoms with Crippen LogP contribution in [0.1, 0.15) is 70.9 Å². The van der Waals surface area contributed by atoms with Crippen LogP contribution < -0.4 is 10.2 Å². The van der Waals surface area contributed by atoms with E-state index in [9.17, 15) is 4.79 Å². The standard InChI is InChI=1S/C24H28N4OS/c1-16-20-22(28-13-6-2-3-7-14-28)25-15-26-24(20)30-21(16)23(29)27-19-12-8-10-17-9-4-5-11-18(17)19/h4-5,9,11,15,19H,2-3,6-8,10,12-14H2,1H3,(H,27,29)/t19-/m1/s1. The van der Waals surface area contributed by atoms with Crippen molar-refractivity contribution < 1.29 is 4.79 Å². The zero-order chi connectivity index (χ0) is 20.5. The van der Waals surface area contributed by atoms with Gasteiger partial charge in [0.15, 0.2) is 0 Å². The van der Waals surface area contributed by atoms with Crippen LogP contribution in [0.3, 0.4) is 0 Å². The van der Waals surface area contributed by atoms with Crippen LogP contribution in [0, 0.1) is 6.92 Å². The number of amides is 1. The predicted octanol–water partition coefficient (Wildman–Crippen LogP) is 5.19. The first kappa shape index (κ1) is 19.5. The molecule has 0 bridgehead atoms. The van der Waals surface area contributed by atoms with Gasteiger partial charge in [0.2, 0.25) is 0 Å². The molecule has 1 atom stereocenters. The molecule has 0 radical (unpaired) electrons. The molecule has 0 saturated carbocycles. The minimum atomic E-state index is 0.0130. The fourth-order valence-corrected chi connectivity index (χ4v) is 5.97. The van der Waals surface area contributed by atoms with Gasteiger partial charge in [0, 0.05) is 13.1 Å². The molecule has 2 aromatic heterocycles. The molecule has 3 heterocycles. The Hall–Kier alpha value is -2.47. The summed E-state index contributed by atoms with van der Waals surface area (Å²) in [4.78, 5) is 26.5. The lowest BCUT2D eigenvalue weighted by Gasteiger charge is -2.26. The highest BCUT2D eigenvalue weighted by Gasteiger charge is 2.26. The molecule has 0 spiro atoms. The second-order valence-corrected chi connectivity index (χ2v) is 9.45. The molecular weight excluding hydrogens is 392 g/mol. The first-order valence-corrected chi connectivity index (χ1v) is 11.9. The maximum atomic E-state index is 13.3. The summed E-state index contributed by atoms with van der Waals surface area (Å²) in [5, 5.41) is 4.37. The van der Waals surface area contributed by atoms with Gasteiger partial charge in [-0.25, -0.2) is 9.97 Å². The van der Waals surface area contributed by atoms with Crippen LogP contribution in [0.25, 0.3) is 10.2 Å². The first-order chi connectivity index (χ1) is 14.7. The van der Waals surface area contributed by atoms with Gasteiger partial charge in [0.05, 0.1) is 16.3 Å². The number of nitrogens with zero attached hydrogens (tertiary/aromatic N) is 3. The number of nitrogens with one attached hydrogen (secondary N) is 1. The van der Waals surface area contributed by atoms with E-state index < -0.39 is 0 Å². The summed E-state index contributed by atoms with van der Waals surface area (Å²) in [5.74, 6) is 1.01. The normalized spacial score (nSPS) is 19.4. The van der Waals surface area contributed by atoms with Crippen LogP contribution in [0.5, 0.6) is 0 Å². The number of carbonyl (C=O) groups is 1. The Kier molecular flexibility index (Phi) is 5.42. The Balaban J connectivity index is 1.46. The van der Waals surface area contributed by atoms with E-state index in [1.165, 1.54) is 48.1 Å². The Labute approximate surface area is 181 Å². The van der Waals surface area contributed by atoms with Crippen molar-refractivity contribution in [2.45, 2.75) is 57.9 Å². The Bertz CT molecular complexity index is 1070. The van der Waals surface area contributed by atoms with Gasteiger partial charge in [-0.05, 0) is 55.7 Å². The van der Waals surface area contributed by atoms with E-state index in [4.69, 9.17) is 0 Å². The highest BCUT2D eigenvalue weighted by atomic mass is 32.1. The third-order valence-electron chi connectivity index (χ3n) is 6.49. The largest absolute Gasteiger partial charge is 0.356 e. The number of carbonyl (C=O) groups excluding carboxylic acids is 1. The van der Waals surface area contributed by atoms with Crippen molar-refractivity contribution in [2.75, 3.05) is 18.0 Å². The molecule has 0 unspecified atom stereocenters. The van der Waals surface area contributed by atoms with Crippen molar-refractivity contribution in [3.05, 3.63) is 52.2 Å². The molecule has 1 aromatic carbocycles. The summed E-state index contributed by atoms with van der Waals surface area (Å²) in [7, 11) is 0. The highest BCUT2D eigenvalue weighted by Crippen LogP contribution is 2.36. The molecule has 1 N–H and O–H groups in total. The number of anilines is 1. The molecule has 1 saturated heterocycles. The molecular formula is C24H28N4OS. The van der Waals surface area contributed by atoms with Crippen molar-refractivity contribution in [2.24, 2.45) is 0 Å². The Morgan fingerprint density at radius 2 is 1.90 bits per heavy atom. The average molecular weight is 421 g/mol. The molecule has 5 rings (SSSR count). The van der Waals surface area contributed by atoms with Crippen LogP contribution in [-0.2, 0) is 6.42 Å². The summed E-state index contributed by atoms with van der Waals surface area (Å²) in [5.41, 5.74) is 3.63. The van der Waals surface area contributed by atoms with Gasteiger partial charge in [0.1, 0.15) is 17.0 Å². The van der Waals surface area contributed by atoms with E-state index in [0.29, 0.717) is 0 Å². The minimum absolute atomic E-state index is 0.0130. The zero-order valence-corrected chi connectivity index (χ0v) is 18.3. The van der Waals surface area contributed by atoms with Gasteiger partial charge in [-0.1, -0.05) is 37.1 Å². The molecule has 1 aliphatic carbocycles. The van der Waals surface area contributed by atoms with Crippen molar-refractivity contribution in [1.29, 1.82) is 0 Å². The Morgan fingerprint density at radius 3 is 2.73 bits per heavy atom. The van der Waals surface area contributed by atoms with E-state index in [0.717, 1.165) is 58.8 Å². The number of hydrogen-bond acceptors (Lipinski definition) is 5. The second kappa shape index (κ2) is 8.34. The molecule has 1 amide bonds. The molecule has 30 heavy (non-hydrogen) atoms. The highest BCUT2D eigenvalue weighted by molar-refractivity contribution is 7.20. The number of aromatic nitrogens is 2. The summed E-state index contributed by atoms with van der Waals surface area (Å²) in [6.45, 7) is 4.11. The summed E-state index contributed by atoms with van der Waals surface area (Å²) >= 11 is 1.50. The number of aryl methyl sites for hydroxylation is 2. The van der Waals surface area contributed by atoms with E-state index in [1.54, 1.807) is 6.33 Å². The number of hydrogen-bond donors (Lipinski definition) is 1. The lowest BCUT2D eigenvalue weighted by molar-refractivity contribution is 0.0936. The molecule has 1 aliphatic heterocycles. The number of benzene rings is 1. The smallest absolute Gasteiger partial charge is 0.262 e. The molecule has 1 fully saturated rings. The minimum Gasteiger partial charge on any atom is -0.356 e. The molecule has 5 nitrogen and oxygen atoms in total. The van der Waals surface area contributed by atoms with Gasteiger partial charge in [0.25, 0.3) is 5.91 Å². The third-order valence-corrected chi connectivity index (χ3v) is 7.69. The molecule has 156 valence electrons. The Morgan fingerprint density at radius 1 is 1.10 bits per heavy atom. The van der Waals surface area contributed by atoms with Gasteiger partial charge < -0.3 is 10.2 Å². The molecule has 6 heteroatoms.